The number of rotatable bonds is 4. The number of nitrogens with one attached hydrogen (secondary N) is 1. The van der Waals surface area contributed by atoms with Crippen LogP contribution in [-0.2, 0) is 11.8 Å². The van der Waals surface area contributed by atoms with Gasteiger partial charge in [0, 0.05) is 38.6 Å². The average Bonchev–Trinajstić information content (AvgIpc) is 2.98. The predicted octanol–water partition coefficient (Wildman–Crippen LogP) is 2.85. The maximum atomic E-state index is 12.7. The summed E-state index contributed by atoms with van der Waals surface area (Å²) in [6.45, 7) is 3.33. The molecule has 1 N–H and O–H groups in total. The number of amides is 1. The molecule has 7 heteroatoms. The van der Waals surface area contributed by atoms with Crippen molar-refractivity contribution in [3.63, 3.8) is 0 Å². The Morgan fingerprint density at radius 2 is 2.17 bits per heavy atom. The summed E-state index contributed by atoms with van der Waals surface area (Å²) in [5, 5.41) is 8.09. The van der Waals surface area contributed by atoms with Crippen molar-refractivity contribution in [2.24, 2.45) is 7.05 Å². The van der Waals surface area contributed by atoms with E-state index in [9.17, 15) is 4.79 Å². The van der Waals surface area contributed by atoms with Gasteiger partial charge in [0.15, 0.2) is 0 Å². The number of halogens is 1. The summed E-state index contributed by atoms with van der Waals surface area (Å²) in [7, 11) is 1.84. The van der Waals surface area contributed by atoms with Gasteiger partial charge in [0.05, 0.1) is 28.0 Å². The van der Waals surface area contributed by atoms with E-state index in [4.69, 9.17) is 16.3 Å². The molecule has 6 nitrogen and oxygen atoms in total. The van der Waals surface area contributed by atoms with E-state index in [2.05, 4.69) is 15.4 Å². The minimum Gasteiger partial charge on any atom is -0.381 e. The molecule has 0 aliphatic carbocycles. The zero-order valence-corrected chi connectivity index (χ0v) is 14.6. The molecule has 1 fully saturated rings. The molecule has 1 aliphatic rings. The van der Waals surface area contributed by atoms with Crippen molar-refractivity contribution >= 4 is 17.5 Å². The normalized spacial score (nSPS) is 16.8. The first-order chi connectivity index (χ1) is 11.5. The van der Waals surface area contributed by atoms with Crippen molar-refractivity contribution in [1.82, 2.24) is 20.1 Å². The lowest BCUT2D eigenvalue weighted by molar-refractivity contribution is 0.0831. The van der Waals surface area contributed by atoms with Gasteiger partial charge in [-0.3, -0.25) is 14.5 Å². The fraction of sp³-hybridized carbons (Fsp3) is 0.471. The lowest BCUT2D eigenvalue weighted by Crippen LogP contribution is -2.28. The van der Waals surface area contributed by atoms with Crippen molar-refractivity contribution in [3.8, 4) is 0 Å². The zero-order chi connectivity index (χ0) is 17.1. The first kappa shape index (κ1) is 16.9. The summed E-state index contributed by atoms with van der Waals surface area (Å²) in [5.41, 5.74) is 2.25. The maximum absolute atomic E-state index is 12.7. The van der Waals surface area contributed by atoms with Gasteiger partial charge in [0.2, 0.25) is 0 Å². The van der Waals surface area contributed by atoms with Gasteiger partial charge in [-0.15, -0.1) is 0 Å². The Morgan fingerprint density at radius 1 is 1.42 bits per heavy atom. The summed E-state index contributed by atoms with van der Waals surface area (Å²) in [4.78, 5) is 17.0. The molecule has 0 spiro atoms. The Balaban J connectivity index is 1.76. The summed E-state index contributed by atoms with van der Waals surface area (Å²) in [6.07, 6.45) is 5.15. The molecule has 0 unspecified atom stereocenters. The van der Waals surface area contributed by atoms with Crippen LogP contribution >= 0.6 is 11.6 Å². The Labute approximate surface area is 146 Å². The molecule has 0 saturated carbocycles. The molecule has 1 atom stereocenters. The monoisotopic (exact) mass is 348 g/mol. The van der Waals surface area contributed by atoms with Crippen LogP contribution in [0.3, 0.4) is 0 Å². The van der Waals surface area contributed by atoms with Gasteiger partial charge in [-0.25, -0.2) is 0 Å². The topological polar surface area (TPSA) is 69.0 Å². The Bertz CT molecular complexity index is 708. The Hall–Kier alpha value is -1.92. The van der Waals surface area contributed by atoms with Crippen LogP contribution in [-0.4, -0.2) is 33.9 Å². The molecule has 1 aliphatic heterocycles. The van der Waals surface area contributed by atoms with Gasteiger partial charge in [-0.05, 0) is 31.9 Å². The molecule has 0 aromatic carbocycles. The van der Waals surface area contributed by atoms with Crippen molar-refractivity contribution in [2.75, 3.05) is 13.2 Å². The lowest BCUT2D eigenvalue weighted by Gasteiger charge is -2.21. The molecule has 1 amide bonds. The highest BCUT2D eigenvalue weighted by Crippen LogP contribution is 2.28. The Morgan fingerprint density at radius 3 is 2.83 bits per heavy atom. The molecule has 128 valence electrons. The van der Waals surface area contributed by atoms with Crippen LogP contribution in [0.2, 0.25) is 5.02 Å². The highest BCUT2D eigenvalue weighted by molar-refractivity contribution is 6.30. The van der Waals surface area contributed by atoms with Crippen LogP contribution in [0.15, 0.2) is 24.5 Å². The number of carbonyl (C=O) groups is 1. The quantitative estimate of drug-likeness (QED) is 0.922. The van der Waals surface area contributed by atoms with E-state index in [1.54, 1.807) is 23.1 Å². The number of hydrogen-bond acceptors (Lipinski definition) is 4. The van der Waals surface area contributed by atoms with Gasteiger partial charge in [-0.2, -0.15) is 5.10 Å². The summed E-state index contributed by atoms with van der Waals surface area (Å²) >= 11 is 5.86. The predicted molar refractivity (Wildman–Crippen MR) is 91.1 cm³/mol. The molecule has 24 heavy (non-hydrogen) atoms. The number of ether oxygens (including phenoxy) is 1. The lowest BCUT2D eigenvalue weighted by atomic mass is 9.93. The average molecular weight is 349 g/mol. The van der Waals surface area contributed by atoms with E-state index in [0.717, 1.165) is 24.2 Å². The first-order valence-corrected chi connectivity index (χ1v) is 8.46. The first-order valence-electron chi connectivity index (χ1n) is 8.08. The van der Waals surface area contributed by atoms with Crippen LogP contribution in [0.5, 0.6) is 0 Å². The van der Waals surface area contributed by atoms with E-state index < -0.39 is 0 Å². The maximum Gasteiger partial charge on any atom is 0.255 e. The van der Waals surface area contributed by atoms with Gasteiger partial charge in [0.25, 0.3) is 5.91 Å². The number of pyridine rings is 1. The summed E-state index contributed by atoms with van der Waals surface area (Å²) < 4.78 is 7.11. The molecule has 1 saturated heterocycles. The minimum absolute atomic E-state index is 0.131. The zero-order valence-electron chi connectivity index (χ0n) is 13.8. The van der Waals surface area contributed by atoms with Crippen LogP contribution in [0.25, 0.3) is 0 Å². The Kier molecular flexibility index (Phi) is 5.16. The second-order valence-corrected chi connectivity index (χ2v) is 6.52. The number of hydrogen-bond donors (Lipinski definition) is 1. The van der Waals surface area contributed by atoms with Crippen LogP contribution in [0.4, 0.5) is 0 Å². The number of carbonyl (C=O) groups excluding carboxylic acids is 1. The van der Waals surface area contributed by atoms with Gasteiger partial charge < -0.3 is 10.1 Å². The minimum atomic E-state index is -0.211. The van der Waals surface area contributed by atoms with Crippen molar-refractivity contribution in [3.05, 3.63) is 46.5 Å². The smallest absolute Gasteiger partial charge is 0.255 e. The fourth-order valence-electron chi connectivity index (χ4n) is 2.94. The summed E-state index contributed by atoms with van der Waals surface area (Å²) in [5.74, 6) is 0.138. The second-order valence-electron chi connectivity index (χ2n) is 6.08. The van der Waals surface area contributed by atoms with Crippen LogP contribution in [0, 0.1) is 0 Å². The van der Waals surface area contributed by atoms with Crippen molar-refractivity contribution < 1.29 is 9.53 Å². The van der Waals surface area contributed by atoms with E-state index in [1.165, 1.54) is 0 Å². The molecule has 0 radical (unpaired) electrons. The van der Waals surface area contributed by atoms with Crippen LogP contribution in [0.1, 0.15) is 53.5 Å². The highest BCUT2D eigenvalue weighted by Gasteiger charge is 2.26. The van der Waals surface area contributed by atoms with Crippen LogP contribution < -0.4 is 5.32 Å². The standard InChI is InChI=1S/C17H21ClN4O2/c1-11(15-4-3-13(18)9-19-15)20-17(23)14-10-22(2)21-16(14)12-5-7-24-8-6-12/h3-4,9-12H,5-8H2,1-2H3,(H,20,23)/t11-/m1/s1. The van der Waals surface area contributed by atoms with Crippen molar-refractivity contribution in [2.45, 2.75) is 31.7 Å². The third kappa shape index (κ3) is 3.76. The summed E-state index contributed by atoms with van der Waals surface area (Å²) in [6, 6.07) is 3.37. The van der Waals surface area contributed by atoms with Gasteiger partial charge >= 0.3 is 0 Å². The molecule has 2 aromatic rings. The molecule has 2 aromatic heterocycles. The molecule has 0 bridgehead atoms. The van der Waals surface area contributed by atoms with Crippen molar-refractivity contribution in [1.29, 1.82) is 0 Å². The van der Waals surface area contributed by atoms with E-state index in [-0.39, 0.29) is 17.9 Å². The van der Waals surface area contributed by atoms with Gasteiger partial charge in [0.1, 0.15) is 0 Å². The molecular weight excluding hydrogens is 328 g/mol. The molecule has 3 rings (SSSR count). The van der Waals surface area contributed by atoms with E-state index in [1.807, 2.05) is 20.0 Å². The third-order valence-corrected chi connectivity index (χ3v) is 4.48. The number of nitrogens with zero attached hydrogens (tertiary/aromatic N) is 3. The molecule has 3 heterocycles. The highest BCUT2D eigenvalue weighted by atomic mass is 35.5. The largest absolute Gasteiger partial charge is 0.381 e. The van der Waals surface area contributed by atoms with E-state index >= 15 is 0 Å². The van der Waals surface area contributed by atoms with E-state index in [0.29, 0.717) is 23.8 Å². The number of aromatic nitrogens is 3. The fourth-order valence-corrected chi connectivity index (χ4v) is 3.06. The van der Waals surface area contributed by atoms with Gasteiger partial charge in [-0.1, -0.05) is 11.6 Å². The molecular formula is C17H21ClN4O2. The number of aryl methyl sites for hydroxylation is 1. The third-order valence-electron chi connectivity index (χ3n) is 4.25. The second kappa shape index (κ2) is 7.32. The SMILES string of the molecule is C[C@@H](NC(=O)c1cn(C)nc1C1CCOCC1)c1ccc(Cl)cn1.